The van der Waals surface area contributed by atoms with Gasteiger partial charge in [0, 0.05) is 23.5 Å². The van der Waals surface area contributed by atoms with Crippen LogP contribution in [0.25, 0.3) is 0 Å². The van der Waals surface area contributed by atoms with Crippen LogP contribution in [0.1, 0.15) is 69.2 Å². The van der Waals surface area contributed by atoms with E-state index >= 15 is 4.79 Å². The number of carbonyl (C=O) groups excluding carboxylic acids is 4. The van der Waals surface area contributed by atoms with E-state index in [0.717, 1.165) is 11.1 Å². The molecule has 52 heavy (non-hydrogen) atoms. The highest BCUT2D eigenvalue weighted by Crippen LogP contribution is 2.61. The molecule has 0 aromatic heterocycles. The summed E-state index contributed by atoms with van der Waals surface area (Å²) in [7, 11) is 0. The fraction of sp³-hybridized carbons (Fsp3) is 0.512. The number of hydrogen-bond acceptors (Lipinski definition) is 7. The van der Waals surface area contributed by atoms with Crippen molar-refractivity contribution >= 4 is 45.3 Å². The van der Waals surface area contributed by atoms with Crippen molar-refractivity contribution in [1.82, 2.24) is 10.2 Å². The molecular weight excluding hydrogens is 726 g/mol. The molecule has 1 unspecified atom stereocenters. The van der Waals surface area contributed by atoms with E-state index in [-0.39, 0.29) is 42.1 Å². The zero-order valence-corrected chi connectivity index (χ0v) is 32.4. The van der Waals surface area contributed by atoms with E-state index in [1.807, 2.05) is 76.2 Å². The number of halogens is 1. The number of hydrogen-bond donors (Lipinski definition) is 2. The number of aliphatic hydroxyl groups excluding tert-OH is 1. The number of aliphatic hydroxyl groups is 1. The lowest BCUT2D eigenvalue weighted by atomic mass is 9.70. The van der Waals surface area contributed by atoms with Crippen LogP contribution >= 0.6 is 15.9 Å². The quantitative estimate of drug-likeness (QED) is 0.127. The maximum absolute atomic E-state index is 15.2. The predicted octanol–water partition coefficient (Wildman–Crippen LogP) is 5.73. The van der Waals surface area contributed by atoms with Gasteiger partial charge < -0.3 is 29.7 Å². The Morgan fingerprint density at radius 3 is 2.50 bits per heavy atom. The van der Waals surface area contributed by atoms with Crippen LogP contribution < -0.4 is 10.2 Å². The Morgan fingerprint density at radius 2 is 1.87 bits per heavy atom. The standard InChI is InChI=1S/C41H52BrN3O7/c1-8-11-17-32(47)43-27(7)35(28-15-13-12-14-16-28)51-40(50)33-34-38(48)45(31(23-46)25(5)10-3)37(41(34)22-29(42)36(33)52-41)39(49)44(20-9-2)30-21-24(4)18-19-26(30)6/h8-9,12-16,18-19,21,25,27,29,31,33-37,46H,1-2,10-11,17,20,22-23H2,3-7H3,(H,43,47)/t25-,27-,29?,31-,33-,34+,35-,36-,37-,41+/m0/s1. The van der Waals surface area contributed by atoms with Crippen LogP contribution in [-0.4, -0.2) is 81.5 Å². The van der Waals surface area contributed by atoms with E-state index in [2.05, 4.69) is 34.4 Å². The molecule has 3 amide bonds. The molecule has 0 saturated carbocycles. The Hall–Kier alpha value is -3.80. The van der Waals surface area contributed by atoms with E-state index in [9.17, 15) is 19.5 Å². The molecule has 3 saturated heterocycles. The number of anilines is 1. The Kier molecular flexibility index (Phi) is 12.5. The van der Waals surface area contributed by atoms with Crippen LogP contribution in [0.3, 0.4) is 0 Å². The molecule has 2 bridgehead atoms. The second-order valence-electron chi connectivity index (χ2n) is 14.5. The Balaban J connectivity index is 1.57. The minimum atomic E-state index is -1.37. The monoisotopic (exact) mass is 777 g/mol. The summed E-state index contributed by atoms with van der Waals surface area (Å²) in [4.78, 5) is 60.2. The number of nitrogens with zero attached hydrogens (tertiary/aromatic N) is 2. The summed E-state index contributed by atoms with van der Waals surface area (Å²) in [5.74, 6) is -3.88. The lowest BCUT2D eigenvalue weighted by Gasteiger charge is -2.41. The molecule has 1 spiro atoms. The van der Waals surface area contributed by atoms with Crippen molar-refractivity contribution in [1.29, 1.82) is 0 Å². The number of benzene rings is 2. The van der Waals surface area contributed by atoms with Crippen LogP contribution in [0, 0.1) is 31.6 Å². The average Bonchev–Trinajstić information content (AvgIpc) is 3.73. The molecule has 2 N–H and O–H groups in total. The zero-order chi connectivity index (χ0) is 37.9. The first-order valence-electron chi connectivity index (χ1n) is 18.2. The minimum absolute atomic E-state index is 0.164. The number of alkyl halides is 1. The largest absolute Gasteiger partial charge is 0.455 e. The first-order valence-corrected chi connectivity index (χ1v) is 19.2. The van der Waals surface area contributed by atoms with E-state index in [0.29, 0.717) is 30.5 Å². The Morgan fingerprint density at radius 1 is 1.15 bits per heavy atom. The van der Waals surface area contributed by atoms with Gasteiger partial charge in [-0.2, -0.15) is 0 Å². The Bertz CT molecular complexity index is 1670. The van der Waals surface area contributed by atoms with Crippen LogP contribution in [0.5, 0.6) is 0 Å². The second kappa shape index (κ2) is 16.5. The maximum Gasteiger partial charge on any atom is 0.313 e. The SMILES string of the molecule is C=CCCC(=O)N[C@@H](C)[C@H](OC(=O)[C@@H]1[C@H]2O[C@@]3(CC2Br)[C@H](C(=O)N(CC=C)c2cc(C)ccc2C)N([C@@H](CO)[C@@H](C)CC)C(=O)[C@@H]13)c1ccccc1. The molecule has 3 aliphatic heterocycles. The van der Waals surface area contributed by atoms with Gasteiger partial charge in [0.1, 0.15) is 17.7 Å². The minimum Gasteiger partial charge on any atom is -0.455 e. The first-order chi connectivity index (χ1) is 24.8. The van der Waals surface area contributed by atoms with Crippen LogP contribution in [0.2, 0.25) is 0 Å². The summed E-state index contributed by atoms with van der Waals surface area (Å²) in [6.45, 7) is 17.0. The maximum atomic E-state index is 15.2. The summed E-state index contributed by atoms with van der Waals surface area (Å²) in [6.07, 6.45) is 3.39. The van der Waals surface area contributed by atoms with Crippen molar-refractivity contribution in [2.75, 3.05) is 18.1 Å². The molecule has 0 radical (unpaired) electrons. The number of carbonyl (C=O) groups is 4. The smallest absolute Gasteiger partial charge is 0.313 e. The highest BCUT2D eigenvalue weighted by Gasteiger charge is 2.78. The highest BCUT2D eigenvalue weighted by molar-refractivity contribution is 9.09. The number of ether oxygens (including phenoxy) is 2. The topological polar surface area (TPSA) is 125 Å². The fourth-order valence-corrected chi connectivity index (χ4v) is 9.26. The number of rotatable bonds is 16. The fourth-order valence-electron chi connectivity index (χ4n) is 8.32. The lowest BCUT2D eigenvalue weighted by molar-refractivity contribution is -0.162. The predicted molar refractivity (Wildman–Crippen MR) is 204 cm³/mol. The number of allylic oxidation sites excluding steroid dienone is 1. The van der Waals surface area contributed by atoms with Gasteiger partial charge in [0.05, 0.1) is 36.6 Å². The van der Waals surface area contributed by atoms with Crippen molar-refractivity contribution in [3.05, 3.63) is 90.5 Å². The third-order valence-electron chi connectivity index (χ3n) is 11.1. The van der Waals surface area contributed by atoms with Gasteiger partial charge in [-0.1, -0.05) is 90.8 Å². The molecule has 2 aromatic carbocycles. The Labute approximate surface area is 315 Å². The van der Waals surface area contributed by atoms with Crippen LogP contribution in [-0.2, 0) is 28.7 Å². The van der Waals surface area contributed by atoms with Gasteiger partial charge >= 0.3 is 5.97 Å². The highest BCUT2D eigenvalue weighted by atomic mass is 79.9. The summed E-state index contributed by atoms with van der Waals surface area (Å²) in [5.41, 5.74) is 1.84. The van der Waals surface area contributed by atoms with Crippen molar-refractivity contribution < 1.29 is 33.8 Å². The number of esters is 1. The molecule has 10 atom stereocenters. The van der Waals surface area contributed by atoms with Gasteiger partial charge in [-0.3, -0.25) is 19.2 Å². The van der Waals surface area contributed by atoms with Crippen molar-refractivity contribution in [3.8, 4) is 0 Å². The summed E-state index contributed by atoms with van der Waals surface area (Å²) in [5, 5.41) is 13.8. The number of likely N-dealkylation sites (tertiary alicyclic amines) is 1. The van der Waals surface area contributed by atoms with Gasteiger partial charge in [0.15, 0.2) is 0 Å². The number of nitrogens with one attached hydrogen (secondary N) is 1. The van der Waals surface area contributed by atoms with Crippen molar-refractivity contribution in [2.45, 2.75) is 101 Å². The van der Waals surface area contributed by atoms with Crippen LogP contribution in [0.4, 0.5) is 5.69 Å². The molecule has 3 aliphatic rings. The summed E-state index contributed by atoms with van der Waals surface area (Å²) >= 11 is 3.76. The molecular formula is C41H52BrN3O7. The first kappa shape index (κ1) is 39.4. The van der Waals surface area contributed by atoms with Gasteiger partial charge in [-0.25, -0.2) is 0 Å². The van der Waals surface area contributed by atoms with Gasteiger partial charge in [0.25, 0.3) is 5.91 Å². The normalized spacial score (nSPS) is 26.9. The molecule has 3 heterocycles. The zero-order valence-electron chi connectivity index (χ0n) is 30.8. The van der Waals surface area contributed by atoms with Crippen molar-refractivity contribution in [3.63, 3.8) is 0 Å². The molecule has 10 nitrogen and oxygen atoms in total. The third kappa shape index (κ3) is 7.24. The van der Waals surface area contributed by atoms with Crippen molar-refractivity contribution in [2.24, 2.45) is 17.8 Å². The third-order valence-corrected chi connectivity index (χ3v) is 11.9. The van der Waals surface area contributed by atoms with E-state index in [1.54, 1.807) is 24.0 Å². The van der Waals surface area contributed by atoms with Gasteiger partial charge in [0.2, 0.25) is 11.8 Å². The number of fused-ring (bicyclic) bond motifs is 1. The number of aryl methyl sites for hydroxylation is 2. The summed E-state index contributed by atoms with van der Waals surface area (Å²) in [6, 6.07) is 12.6. The average molecular weight is 779 g/mol. The molecule has 5 rings (SSSR count). The lowest BCUT2D eigenvalue weighted by Crippen LogP contribution is -2.60. The molecule has 11 heteroatoms. The van der Waals surface area contributed by atoms with Gasteiger partial charge in [-0.05, 0) is 62.3 Å². The summed E-state index contributed by atoms with van der Waals surface area (Å²) < 4.78 is 13.1. The van der Waals surface area contributed by atoms with Crippen LogP contribution in [0.15, 0.2) is 73.8 Å². The molecule has 280 valence electrons. The van der Waals surface area contributed by atoms with E-state index < -0.39 is 59.6 Å². The van der Waals surface area contributed by atoms with E-state index in [4.69, 9.17) is 9.47 Å². The second-order valence-corrected chi connectivity index (χ2v) is 15.7. The number of amides is 3. The molecule has 2 aromatic rings. The van der Waals surface area contributed by atoms with E-state index in [1.165, 1.54) is 4.90 Å². The molecule has 0 aliphatic carbocycles. The molecule has 3 fully saturated rings. The van der Waals surface area contributed by atoms with Gasteiger partial charge in [-0.15, -0.1) is 13.2 Å².